The second-order valence-electron chi connectivity index (χ2n) is 5.81. The first-order valence-corrected chi connectivity index (χ1v) is 9.11. The molecule has 3 rings (SSSR count). The number of hydrogen-bond acceptors (Lipinski definition) is 5. The molecule has 25 heavy (non-hydrogen) atoms. The molecule has 0 atom stereocenters. The van der Waals surface area contributed by atoms with Gasteiger partial charge in [-0.1, -0.05) is 29.8 Å². The minimum absolute atomic E-state index is 0.313. The Morgan fingerprint density at radius 2 is 1.88 bits per heavy atom. The van der Waals surface area contributed by atoms with Gasteiger partial charge in [-0.15, -0.1) is 0 Å². The number of nitrogens with zero attached hydrogens (tertiary/aromatic N) is 3. The van der Waals surface area contributed by atoms with Crippen LogP contribution in [-0.4, -0.2) is 33.1 Å². The van der Waals surface area contributed by atoms with Crippen LogP contribution < -0.4 is 5.32 Å². The Kier molecular flexibility index (Phi) is 5.50. The van der Waals surface area contributed by atoms with Gasteiger partial charge in [0.15, 0.2) is 0 Å². The topological polar surface area (TPSA) is 61.3 Å². The number of fused-ring (bicyclic) bond motifs is 1. The molecule has 0 bridgehead atoms. The van der Waals surface area contributed by atoms with Crippen LogP contribution >= 0.6 is 15.9 Å². The van der Waals surface area contributed by atoms with Crippen molar-refractivity contribution in [3.05, 3.63) is 52.8 Å². The maximum atomic E-state index is 10.2. The third kappa shape index (κ3) is 4.08. The van der Waals surface area contributed by atoms with Crippen LogP contribution in [0.5, 0.6) is 5.75 Å². The van der Waals surface area contributed by atoms with Gasteiger partial charge in [-0.2, -0.15) is 0 Å². The van der Waals surface area contributed by atoms with Crippen molar-refractivity contribution in [2.45, 2.75) is 20.4 Å². The molecular weight excluding hydrogens is 380 g/mol. The lowest BCUT2D eigenvalue weighted by Crippen LogP contribution is -2.22. The third-order valence-corrected chi connectivity index (χ3v) is 4.72. The van der Waals surface area contributed by atoms with Crippen molar-refractivity contribution in [3.63, 3.8) is 0 Å². The number of halogens is 1. The summed E-state index contributed by atoms with van der Waals surface area (Å²) in [6.45, 7) is 6.84. The van der Waals surface area contributed by atoms with Crippen molar-refractivity contribution in [2.24, 2.45) is 0 Å². The Hall–Kier alpha value is -2.18. The number of phenolic OH excluding ortho intramolecular Hbond substituents is 1. The Morgan fingerprint density at radius 1 is 1.08 bits per heavy atom. The molecule has 6 heteroatoms. The number of anilines is 2. The number of phenols is 1. The van der Waals surface area contributed by atoms with Crippen LogP contribution in [0.2, 0.25) is 0 Å². The molecule has 0 saturated heterocycles. The van der Waals surface area contributed by atoms with E-state index in [0.29, 0.717) is 12.3 Å². The lowest BCUT2D eigenvalue weighted by molar-refractivity contribution is 0.291. The van der Waals surface area contributed by atoms with Crippen molar-refractivity contribution in [3.8, 4) is 5.75 Å². The first kappa shape index (κ1) is 17.6. The Bertz CT molecular complexity index is 880. The summed E-state index contributed by atoms with van der Waals surface area (Å²) < 4.78 is 0.978. The van der Waals surface area contributed by atoms with Gasteiger partial charge in [0, 0.05) is 27.7 Å². The van der Waals surface area contributed by atoms with E-state index >= 15 is 0 Å². The van der Waals surface area contributed by atoms with E-state index in [0.717, 1.165) is 45.5 Å². The fourth-order valence-electron chi connectivity index (χ4n) is 2.74. The maximum absolute atomic E-state index is 10.2. The van der Waals surface area contributed by atoms with Crippen LogP contribution in [0.25, 0.3) is 10.9 Å². The van der Waals surface area contributed by atoms with E-state index in [-0.39, 0.29) is 0 Å². The number of benzene rings is 2. The number of hydrogen-bond donors (Lipinski definition) is 2. The molecule has 0 aliphatic carbocycles. The van der Waals surface area contributed by atoms with Crippen molar-refractivity contribution in [1.29, 1.82) is 0 Å². The van der Waals surface area contributed by atoms with Gasteiger partial charge in [0.25, 0.3) is 0 Å². The molecule has 0 saturated carbocycles. The summed E-state index contributed by atoms with van der Waals surface area (Å²) in [5.74, 6) is 1.05. The molecule has 2 aromatic carbocycles. The Labute approximate surface area is 155 Å². The maximum Gasteiger partial charge on any atom is 0.141 e. The average molecular weight is 401 g/mol. The minimum atomic E-state index is 0.313. The lowest BCUT2D eigenvalue weighted by atomic mass is 10.1. The van der Waals surface area contributed by atoms with Gasteiger partial charge < -0.3 is 10.4 Å². The molecule has 1 aromatic heterocycles. The smallest absolute Gasteiger partial charge is 0.141 e. The predicted molar refractivity (Wildman–Crippen MR) is 105 cm³/mol. The van der Waals surface area contributed by atoms with Crippen LogP contribution in [0, 0.1) is 0 Å². The highest BCUT2D eigenvalue weighted by atomic mass is 79.9. The molecule has 5 nitrogen and oxygen atoms in total. The normalized spacial score (nSPS) is 11.2. The lowest BCUT2D eigenvalue weighted by Gasteiger charge is -2.19. The van der Waals surface area contributed by atoms with Gasteiger partial charge in [-0.05, 0) is 49.5 Å². The molecule has 0 aliphatic rings. The van der Waals surface area contributed by atoms with Gasteiger partial charge in [0.05, 0.1) is 5.52 Å². The summed E-state index contributed by atoms with van der Waals surface area (Å²) in [5.41, 5.74) is 2.66. The summed E-state index contributed by atoms with van der Waals surface area (Å²) >= 11 is 3.49. The van der Waals surface area contributed by atoms with Crippen molar-refractivity contribution >= 4 is 38.3 Å². The number of aromatic hydroxyl groups is 1. The fourth-order valence-corrected chi connectivity index (χ4v) is 3.10. The van der Waals surface area contributed by atoms with E-state index in [1.54, 1.807) is 12.4 Å². The van der Waals surface area contributed by atoms with E-state index < -0.39 is 0 Å². The summed E-state index contributed by atoms with van der Waals surface area (Å²) in [6.07, 6.45) is 1.55. The average Bonchev–Trinajstić information content (AvgIpc) is 2.62. The van der Waals surface area contributed by atoms with Gasteiger partial charge in [-0.25, -0.2) is 9.97 Å². The van der Waals surface area contributed by atoms with Gasteiger partial charge in [0.2, 0.25) is 0 Å². The Balaban J connectivity index is 1.92. The molecule has 0 radical (unpaired) electrons. The minimum Gasteiger partial charge on any atom is -0.508 e. The van der Waals surface area contributed by atoms with Crippen molar-refractivity contribution in [1.82, 2.24) is 14.9 Å². The number of rotatable bonds is 6. The molecule has 3 aromatic rings. The Morgan fingerprint density at radius 3 is 2.64 bits per heavy atom. The first-order chi connectivity index (χ1) is 12.1. The molecular formula is C19H21BrN4O. The van der Waals surface area contributed by atoms with Crippen LogP contribution in [0.1, 0.15) is 19.4 Å². The highest BCUT2D eigenvalue weighted by Gasteiger charge is 2.09. The molecule has 0 aliphatic heterocycles. The van der Waals surface area contributed by atoms with Crippen LogP contribution in [-0.2, 0) is 6.54 Å². The van der Waals surface area contributed by atoms with Crippen LogP contribution in [0.15, 0.2) is 47.2 Å². The monoisotopic (exact) mass is 400 g/mol. The third-order valence-electron chi connectivity index (χ3n) is 4.23. The quantitative estimate of drug-likeness (QED) is 0.588. The SMILES string of the molecule is CCN(CC)Cc1cc(Nc2ncnc3ccc(Br)cc23)ccc1O. The van der Waals surface area contributed by atoms with E-state index in [4.69, 9.17) is 0 Å². The molecule has 0 unspecified atom stereocenters. The van der Waals surface area contributed by atoms with E-state index in [1.165, 1.54) is 0 Å². The highest BCUT2D eigenvalue weighted by Crippen LogP contribution is 2.28. The van der Waals surface area contributed by atoms with E-state index in [2.05, 4.69) is 50.0 Å². The number of aromatic nitrogens is 2. The molecule has 130 valence electrons. The molecule has 2 N–H and O–H groups in total. The molecule has 0 amide bonds. The van der Waals surface area contributed by atoms with Crippen molar-refractivity contribution in [2.75, 3.05) is 18.4 Å². The molecule has 0 fully saturated rings. The van der Waals surface area contributed by atoms with Gasteiger partial charge in [0.1, 0.15) is 17.9 Å². The summed E-state index contributed by atoms with van der Waals surface area (Å²) in [5, 5.41) is 14.5. The predicted octanol–water partition coefficient (Wildman–Crippen LogP) is 4.68. The second-order valence-corrected chi connectivity index (χ2v) is 6.73. The fraction of sp³-hybridized carbons (Fsp3) is 0.263. The number of nitrogens with one attached hydrogen (secondary N) is 1. The zero-order valence-corrected chi connectivity index (χ0v) is 15.9. The largest absolute Gasteiger partial charge is 0.508 e. The zero-order valence-electron chi connectivity index (χ0n) is 14.3. The first-order valence-electron chi connectivity index (χ1n) is 8.32. The van der Waals surface area contributed by atoms with E-state index in [1.807, 2.05) is 30.3 Å². The standard InChI is InChI=1S/C19H21BrN4O/c1-3-24(4-2)11-13-9-15(6-8-18(13)25)23-19-16-10-14(20)5-7-17(16)21-12-22-19/h5-10,12,25H,3-4,11H2,1-2H3,(H,21,22,23). The van der Waals surface area contributed by atoms with Crippen molar-refractivity contribution < 1.29 is 5.11 Å². The van der Waals surface area contributed by atoms with Crippen LogP contribution in [0.3, 0.4) is 0 Å². The zero-order chi connectivity index (χ0) is 17.8. The second kappa shape index (κ2) is 7.80. The van der Waals surface area contributed by atoms with Crippen LogP contribution in [0.4, 0.5) is 11.5 Å². The molecule has 0 spiro atoms. The molecule has 1 heterocycles. The van der Waals surface area contributed by atoms with Gasteiger partial charge in [-0.3, -0.25) is 4.90 Å². The summed E-state index contributed by atoms with van der Waals surface area (Å²) in [4.78, 5) is 10.9. The van der Waals surface area contributed by atoms with Gasteiger partial charge >= 0.3 is 0 Å². The summed E-state index contributed by atoms with van der Waals surface area (Å²) in [6, 6.07) is 11.5. The van der Waals surface area contributed by atoms with E-state index in [9.17, 15) is 5.11 Å². The highest BCUT2D eigenvalue weighted by molar-refractivity contribution is 9.10. The summed E-state index contributed by atoms with van der Waals surface area (Å²) in [7, 11) is 0.